The molecule has 2 aromatic rings. The maximum absolute atomic E-state index is 13.6. The van der Waals surface area contributed by atoms with Crippen LogP contribution in [0.3, 0.4) is 0 Å². The summed E-state index contributed by atoms with van der Waals surface area (Å²) in [6, 6.07) is 12.7. The Balaban J connectivity index is 1.84. The van der Waals surface area contributed by atoms with Crippen LogP contribution in [0.5, 0.6) is 0 Å². The summed E-state index contributed by atoms with van der Waals surface area (Å²) in [4.78, 5) is 12.2. The van der Waals surface area contributed by atoms with Gasteiger partial charge in [-0.1, -0.05) is 24.3 Å². The van der Waals surface area contributed by atoms with E-state index in [1.54, 1.807) is 19.2 Å². The van der Waals surface area contributed by atoms with Gasteiger partial charge in [0.1, 0.15) is 5.82 Å². The molecule has 2 rings (SSSR count). The minimum absolute atomic E-state index is 0.0000495. The molecule has 0 aliphatic heterocycles. The predicted molar refractivity (Wildman–Crippen MR) is 97.8 cm³/mol. The van der Waals surface area contributed by atoms with Crippen LogP contribution in [0.1, 0.15) is 30.0 Å². The second-order valence-electron chi connectivity index (χ2n) is 6.21. The molecule has 4 nitrogen and oxygen atoms in total. The van der Waals surface area contributed by atoms with Gasteiger partial charge in [-0.25, -0.2) is 4.39 Å². The Bertz CT molecular complexity index is 719. The lowest BCUT2D eigenvalue weighted by Crippen LogP contribution is -2.30. The molecule has 0 aliphatic carbocycles. The SMILES string of the molecule is COCc1cc(CNC(C)CC(=O)Nc2ccccc2C)ccc1F. The first-order chi connectivity index (χ1) is 12.0. The largest absolute Gasteiger partial charge is 0.380 e. The van der Waals surface area contributed by atoms with Crippen molar-refractivity contribution in [1.82, 2.24) is 5.32 Å². The average molecular weight is 344 g/mol. The van der Waals surface area contributed by atoms with Crippen LogP contribution in [0.15, 0.2) is 42.5 Å². The summed E-state index contributed by atoms with van der Waals surface area (Å²) in [5.41, 5.74) is 3.36. The van der Waals surface area contributed by atoms with Crippen molar-refractivity contribution in [1.29, 1.82) is 0 Å². The molecule has 134 valence electrons. The van der Waals surface area contributed by atoms with Gasteiger partial charge in [0.15, 0.2) is 0 Å². The molecule has 1 atom stereocenters. The van der Waals surface area contributed by atoms with Crippen molar-refractivity contribution in [2.24, 2.45) is 0 Å². The summed E-state index contributed by atoms with van der Waals surface area (Å²) in [6.45, 7) is 4.73. The van der Waals surface area contributed by atoms with Gasteiger partial charge in [0.05, 0.1) is 6.61 Å². The zero-order chi connectivity index (χ0) is 18.2. The van der Waals surface area contributed by atoms with Crippen LogP contribution < -0.4 is 10.6 Å². The van der Waals surface area contributed by atoms with Gasteiger partial charge < -0.3 is 15.4 Å². The number of anilines is 1. The van der Waals surface area contributed by atoms with Crippen molar-refractivity contribution in [3.05, 3.63) is 65.0 Å². The number of halogens is 1. The second kappa shape index (κ2) is 9.30. The lowest BCUT2D eigenvalue weighted by atomic mass is 10.1. The number of para-hydroxylation sites is 1. The highest BCUT2D eigenvalue weighted by atomic mass is 19.1. The average Bonchev–Trinajstić information content (AvgIpc) is 2.58. The molecule has 2 N–H and O–H groups in total. The van der Waals surface area contributed by atoms with E-state index >= 15 is 0 Å². The fraction of sp³-hybridized carbons (Fsp3) is 0.350. The summed E-state index contributed by atoms with van der Waals surface area (Å²) >= 11 is 0. The van der Waals surface area contributed by atoms with E-state index in [-0.39, 0.29) is 24.4 Å². The predicted octanol–water partition coefficient (Wildman–Crippen LogP) is 3.79. The normalized spacial score (nSPS) is 12.0. The van der Waals surface area contributed by atoms with E-state index in [1.165, 1.54) is 6.07 Å². The van der Waals surface area contributed by atoms with Gasteiger partial charge >= 0.3 is 0 Å². The number of hydrogen-bond donors (Lipinski definition) is 2. The Morgan fingerprint density at radius 1 is 1.24 bits per heavy atom. The number of nitrogens with one attached hydrogen (secondary N) is 2. The van der Waals surface area contributed by atoms with Crippen LogP contribution in [0, 0.1) is 12.7 Å². The van der Waals surface area contributed by atoms with Crippen molar-refractivity contribution in [2.45, 2.75) is 39.5 Å². The van der Waals surface area contributed by atoms with E-state index in [2.05, 4.69) is 10.6 Å². The zero-order valence-electron chi connectivity index (χ0n) is 14.9. The third-order valence-electron chi connectivity index (χ3n) is 3.98. The highest BCUT2D eigenvalue weighted by Crippen LogP contribution is 2.14. The van der Waals surface area contributed by atoms with E-state index < -0.39 is 0 Å². The Morgan fingerprint density at radius 2 is 2.00 bits per heavy atom. The lowest BCUT2D eigenvalue weighted by molar-refractivity contribution is -0.116. The Kier molecular flexibility index (Phi) is 7.10. The molecule has 25 heavy (non-hydrogen) atoms. The van der Waals surface area contributed by atoms with Gasteiger partial charge in [0.25, 0.3) is 0 Å². The number of rotatable bonds is 8. The molecule has 0 spiro atoms. The summed E-state index contributed by atoms with van der Waals surface area (Å²) in [6.07, 6.45) is 0.362. The van der Waals surface area contributed by atoms with Crippen molar-refractivity contribution in [2.75, 3.05) is 12.4 Å². The number of aryl methyl sites for hydroxylation is 1. The minimum Gasteiger partial charge on any atom is -0.380 e. The smallest absolute Gasteiger partial charge is 0.225 e. The third-order valence-corrected chi connectivity index (χ3v) is 3.98. The van der Waals surface area contributed by atoms with E-state index in [4.69, 9.17) is 4.74 Å². The molecule has 0 aliphatic rings. The van der Waals surface area contributed by atoms with Gasteiger partial charge in [-0.3, -0.25) is 4.79 Å². The van der Waals surface area contributed by atoms with Crippen molar-refractivity contribution < 1.29 is 13.9 Å². The molecule has 0 heterocycles. The monoisotopic (exact) mass is 344 g/mol. The summed E-state index contributed by atoms with van der Waals surface area (Å²) < 4.78 is 18.6. The van der Waals surface area contributed by atoms with Gasteiger partial charge in [0.2, 0.25) is 5.91 Å². The molecule has 5 heteroatoms. The van der Waals surface area contributed by atoms with E-state index in [0.717, 1.165) is 16.8 Å². The molecular weight excluding hydrogens is 319 g/mol. The van der Waals surface area contributed by atoms with Crippen LogP contribution in [0.25, 0.3) is 0 Å². The number of amides is 1. The van der Waals surface area contributed by atoms with Crippen LogP contribution in [0.4, 0.5) is 10.1 Å². The molecule has 0 bridgehead atoms. The van der Waals surface area contributed by atoms with E-state index in [1.807, 2.05) is 38.1 Å². The zero-order valence-corrected chi connectivity index (χ0v) is 14.9. The summed E-state index contributed by atoms with van der Waals surface area (Å²) in [7, 11) is 1.54. The fourth-order valence-corrected chi connectivity index (χ4v) is 2.56. The lowest BCUT2D eigenvalue weighted by Gasteiger charge is -2.15. The maximum Gasteiger partial charge on any atom is 0.225 e. The molecule has 0 saturated heterocycles. The van der Waals surface area contributed by atoms with Crippen LogP contribution in [-0.4, -0.2) is 19.1 Å². The summed E-state index contributed by atoms with van der Waals surface area (Å²) in [5.74, 6) is -0.301. The molecule has 1 amide bonds. The number of ether oxygens (including phenoxy) is 1. The van der Waals surface area contributed by atoms with E-state index in [0.29, 0.717) is 18.5 Å². The molecule has 2 aromatic carbocycles. The number of carbonyl (C=O) groups excluding carboxylic acids is 1. The van der Waals surface area contributed by atoms with Gasteiger partial charge in [-0.05, 0) is 43.2 Å². The third kappa shape index (κ3) is 5.96. The van der Waals surface area contributed by atoms with Crippen molar-refractivity contribution >= 4 is 11.6 Å². The molecule has 1 unspecified atom stereocenters. The maximum atomic E-state index is 13.6. The second-order valence-corrected chi connectivity index (χ2v) is 6.21. The van der Waals surface area contributed by atoms with Crippen molar-refractivity contribution in [3.8, 4) is 0 Å². The highest BCUT2D eigenvalue weighted by molar-refractivity contribution is 5.91. The summed E-state index contributed by atoms with van der Waals surface area (Å²) in [5, 5.41) is 6.22. The minimum atomic E-state index is -0.267. The van der Waals surface area contributed by atoms with Crippen LogP contribution >= 0.6 is 0 Å². The number of methoxy groups -OCH3 is 1. The topological polar surface area (TPSA) is 50.4 Å². The Hall–Kier alpha value is -2.24. The quantitative estimate of drug-likeness (QED) is 0.766. The number of hydrogen-bond acceptors (Lipinski definition) is 3. The Labute approximate surface area is 148 Å². The van der Waals surface area contributed by atoms with Gasteiger partial charge in [0, 0.05) is 37.4 Å². The molecule has 0 aromatic heterocycles. The molecule has 0 saturated carbocycles. The van der Waals surface area contributed by atoms with E-state index in [9.17, 15) is 9.18 Å². The molecule has 0 radical (unpaired) electrons. The standard InChI is InChI=1S/C20H25FN2O2/c1-14-6-4-5-7-19(14)23-20(24)10-15(2)22-12-16-8-9-18(21)17(11-16)13-25-3/h4-9,11,15,22H,10,12-13H2,1-3H3,(H,23,24). The van der Waals surface area contributed by atoms with Gasteiger partial charge in [-0.2, -0.15) is 0 Å². The Morgan fingerprint density at radius 3 is 2.72 bits per heavy atom. The fourth-order valence-electron chi connectivity index (χ4n) is 2.56. The molecular formula is C20H25FN2O2. The van der Waals surface area contributed by atoms with Crippen molar-refractivity contribution in [3.63, 3.8) is 0 Å². The van der Waals surface area contributed by atoms with Gasteiger partial charge in [-0.15, -0.1) is 0 Å². The first-order valence-corrected chi connectivity index (χ1v) is 8.34. The number of benzene rings is 2. The first-order valence-electron chi connectivity index (χ1n) is 8.34. The number of carbonyl (C=O) groups is 1. The first kappa shape index (κ1) is 19.1. The highest BCUT2D eigenvalue weighted by Gasteiger charge is 2.10. The van der Waals surface area contributed by atoms with Crippen LogP contribution in [-0.2, 0) is 22.7 Å². The van der Waals surface area contributed by atoms with Crippen LogP contribution in [0.2, 0.25) is 0 Å². The molecule has 0 fully saturated rings.